The Kier molecular flexibility index (Phi) is 5.41. The molecule has 0 bridgehead atoms. The molecule has 20 heavy (non-hydrogen) atoms. The van der Waals surface area contributed by atoms with Crippen molar-refractivity contribution < 1.29 is 14.6 Å². The first-order valence-electron chi connectivity index (χ1n) is 7.38. The maximum absolute atomic E-state index is 12.0. The predicted octanol–water partition coefficient (Wildman–Crippen LogP) is 2.05. The first-order chi connectivity index (χ1) is 9.69. The molecule has 0 heterocycles. The van der Waals surface area contributed by atoms with Gasteiger partial charge < -0.3 is 15.2 Å². The van der Waals surface area contributed by atoms with Gasteiger partial charge in [0.1, 0.15) is 5.75 Å². The summed E-state index contributed by atoms with van der Waals surface area (Å²) >= 11 is 0. The van der Waals surface area contributed by atoms with Crippen molar-refractivity contribution in [2.45, 2.75) is 51.2 Å². The summed E-state index contributed by atoms with van der Waals surface area (Å²) in [6.45, 7) is 2.58. The molecule has 2 N–H and O–H groups in total. The van der Waals surface area contributed by atoms with Crippen LogP contribution in [0.4, 0.5) is 0 Å². The Morgan fingerprint density at radius 3 is 2.65 bits per heavy atom. The zero-order chi connectivity index (χ0) is 14.4. The van der Waals surface area contributed by atoms with Crippen LogP contribution in [-0.4, -0.2) is 29.8 Å². The zero-order valence-corrected chi connectivity index (χ0v) is 12.0. The minimum Gasteiger partial charge on any atom is -0.494 e. The number of carbonyl (C=O) groups excluding carboxylic acids is 1. The van der Waals surface area contributed by atoms with E-state index in [2.05, 4.69) is 5.32 Å². The highest BCUT2D eigenvalue weighted by atomic mass is 16.5. The Balaban J connectivity index is 1.84. The molecule has 1 aliphatic carbocycles. The van der Waals surface area contributed by atoms with E-state index >= 15 is 0 Å². The van der Waals surface area contributed by atoms with Gasteiger partial charge in [0.25, 0.3) is 0 Å². The van der Waals surface area contributed by atoms with Crippen LogP contribution >= 0.6 is 0 Å². The summed E-state index contributed by atoms with van der Waals surface area (Å²) < 4.78 is 5.37. The smallest absolute Gasteiger partial charge is 0.224 e. The molecule has 1 aromatic carbocycles. The largest absolute Gasteiger partial charge is 0.494 e. The highest BCUT2D eigenvalue weighted by Crippen LogP contribution is 2.18. The van der Waals surface area contributed by atoms with E-state index in [1.165, 1.54) is 0 Å². The van der Waals surface area contributed by atoms with Gasteiger partial charge in [-0.1, -0.05) is 25.0 Å². The molecule has 2 rings (SSSR count). The normalized spacial score (nSPS) is 22.3. The van der Waals surface area contributed by atoms with Crippen LogP contribution in [-0.2, 0) is 11.2 Å². The van der Waals surface area contributed by atoms with E-state index in [0.717, 1.165) is 37.0 Å². The fourth-order valence-electron chi connectivity index (χ4n) is 2.59. The third kappa shape index (κ3) is 4.23. The average molecular weight is 277 g/mol. The number of carbonyl (C=O) groups is 1. The highest BCUT2D eigenvalue weighted by Gasteiger charge is 2.24. The van der Waals surface area contributed by atoms with E-state index < -0.39 is 6.10 Å². The number of ether oxygens (including phenoxy) is 1. The van der Waals surface area contributed by atoms with Crippen LogP contribution in [0.2, 0.25) is 0 Å². The number of rotatable bonds is 5. The molecular formula is C16H23NO3. The number of aliphatic hydroxyl groups excluding tert-OH is 1. The summed E-state index contributed by atoms with van der Waals surface area (Å²) in [4.78, 5) is 12.0. The summed E-state index contributed by atoms with van der Waals surface area (Å²) in [5, 5.41) is 12.8. The predicted molar refractivity (Wildman–Crippen MR) is 77.7 cm³/mol. The van der Waals surface area contributed by atoms with E-state index in [0.29, 0.717) is 13.0 Å². The Morgan fingerprint density at radius 2 is 2.00 bits per heavy atom. The van der Waals surface area contributed by atoms with Crippen molar-refractivity contribution in [2.24, 2.45) is 0 Å². The number of hydrogen-bond donors (Lipinski definition) is 2. The standard InChI is InChI=1S/C16H23NO3/c1-2-20-13-9-7-12(8-10-13)11-16(19)17-14-5-3-4-6-15(14)18/h7-10,14-15,18H,2-6,11H2,1H3,(H,17,19). The molecule has 4 heteroatoms. The molecule has 110 valence electrons. The summed E-state index contributed by atoms with van der Waals surface area (Å²) in [7, 11) is 0. The van der Waals surface area contributed by atoms with Gasteiger partial charge in [0.15, 0.2) is 0 Å². The van der Waals surface area contributed by atoms with Crippen molar-refractivity contribution >= 4 is 5.91 Å². The molecule has 0 aromatic heterocycles. The first kappa shape index (κ1) is 14.9. The maximum Gasteiger partial charge on any atom is 0.224 e. The second kappa shape index (κ2) is 7.29. The van der Waals surface area contributed by atoms with E-state index in [9.17, 15) is 9.90 Å². The molecule has 1 aromatic rings. The summed E-state index contributed by atoms with van der Waals surface area (Å²) in [5.41, 5.74) is 0.955. The van der Waals surface area contributed by atoms with Crippen LogP contribution in [0, 0.1) is 0 Å². The van der Waals surface area contributed by atoms with Gasteiger partial charge in [0.2, 0.25) is 5.91 Å². The fourth-order valence-corrected chi connectivity index (χ4v) is 2.59. The highest BCUT2D eigenvalue weighted by molar-refractivity contribution is 5.79. The Bertz CT molecular complexity index is 430. The van der Waals surface area contributed by atoms with Crippen LogP contribution in [0.25, 0.3) is 0 Å². The van der Waals surface area contributed by atoms with Gasteiger partial charge >= 0.3 is 0 Å². The number of benzene rings is 1. The lowest BCUT2D eigenvalue weighted by Gasteiger charge is -2.28. The van der Waals surface area contributed by atoms with E-state index in [1.54, 1.807) is 0 Å². The number of nitrogens with one attached hydrogen (secondary N) is 1. The van der Waals surface area contributed by atoms with Crippen molar-refractivity contribution in [1.29, 1.82) is 0 Å². The molecule has 2 atom stereocenters. The summed E-state index contributed by atoms with van der Waals surface area (Å²) in [5.74, 6) is 0.791. The molecule has 0 aliphatic heterocycles. The van der Waals surface area contributed by atoms with Gasteiger partial charge in [-0.05, 0) is 37.5 Å². The second-order valence-corrected chi connectivity index (χ2v) is 5.28. The molecule has 0 saturated heterocycles. The average Bonchev–Trinajstić information content (AvgIpc) is 2.44. The lowest BCUT2D eigenvalue weighted by Crippen LogP contribution is -2.45. The summed E-state index contributed by atoms with van der Waals surface area (Å²) in [6.07, 6.45) is 3.73. The van der Waals surface area contributed by atoms with E-state index in [4.69, 9.17) is 4.74 Å². The lowest BCUT2D eigenvalue weighted by molar-refractivity contribution is -0.122. The van der Waals surface area contributed by atoms with Gasteiger partial charge in [0.05, 0.1) is 25.2 Å². The molecule has 1 fully saturated rings. The lowest BCUT2D eigenvalue weighted by atomic mass is 9.92. The molecule has 1 aliphatic rings. The number of hydrogen-bond acceptors (Lipinski definition) is 3. The molecule has 4 nitrogen and oxygen atoms in total. The van der Waals surface area contributed by atoms with E-state index in [1.807, 2.05) is 31.2 Å². The molecule has 1 amide bonds. The molecule has 1 saturated carbocycles. The van der Waals surface area contributed by atoms with Gasteiger partial charge in [-0.2, -0.15) is 0 Å². The SMILES string of the molecule is CCOc1ccc(CC(=O)NC2CCCCC2O)cc1. The molecular weight excluding hydrogens is 254 g/mol. The first-order valence-corrected chi connectivity index (χ1v) is 7.38. The van der Waals surface area contributed by atoms with Crippen LogP contribution in [0.3, 0.4) is 0 Å². The third-order valence-corrected chi connectivity index (χ3v) is 3.67. The Morgan fingerprint density at radius 1 is 1.30 bits per heavy atom. The Hall–Kier alpha value is -1.55. The monoisotopic (exact) mass is 277 g/mol. The molecule has 2 unspecified atom stereocenters. The number of amides is 1. The fraction of sp³-hybridized carbons (Fsp3) is 0.562. The molecule has 0 radical (unpaired) electrons. The second-order valence-electron chi connectivity index (χ2n) is 5.28. The van der Waals surface area contributed by atoms with Crippen LogP contribution in [0.5, 0.6) is 5.75 Å². The summed E-state index contributed by atoms with van der Waals surface area (Å²) in [6, 6.07) is 7.48. The van der Waals surface area contributed by atoms with Crippen molar-refractivity contribution in [3.63, 3.8) is 0 Å². The van der Waals surface area contributed by atoms with Gasteiger partial charge in [0, 0.05) is 0 Å². The van der Waals surface area contributed by atoms with E-state index in [-0.39, 0.29) is 11.9 Å². The zero-order valence-electron chi connectivity index (χ0n) is 12.0. The molecule has 0 spiro atoms. The van der Waals surface area contributed by atoms with Gasteiger partial charge in [-0.15, -0.1) is 0 Å². The topological polar surface area (TPSA) is 58.6 Å². The van der Waals surface area contributed by atoms with Crippen molar-refractivity contribution in [3.8, 4) is 5.75 Å². The van der Waals surface area contributed by atoms with Crippen LogP contribution in [0.1, 0.15) is 38.2 Å². The van der Waals surface area contributed by atoms with Crippen molar-refractivity contribution in [1.82, 2.24) is 5.32 Å². The minimum atomic E-state index is -0.395. The minimum absolute atomic E-state index is 0.0277. The third-order valence-electron chi connectivity index (χ3n) is 3.67. The van der Waals surface area contributed by atoms with Crippen LogP contribution in [0.15, 0.2) is 24.3 Å². The van der Waals surface area contributed by atoms with Crippen molar-refractivity contribution in [2.75, 3.05) is 6.61 Å². The van der Waals surface area contributed by atoms with Crippen LogP contribution < -0.4 is 10.1 Å². The van der Waals surface area contributed by atoms with Gasteiger partial charge in [-0.3, -0.25) is 4.79 Å². The number of aliphatic hydroxyl groups is 1. The quantitative estimate of drug-likeness (QED) is 0.866. The van der Waals surface area contributed by atoms with Gasteiger partial charge in [-0.25, -0.2) is 0 Å². The maximum atomic E-state index is 12.0. The van der Waals surface area contributed by atoms with Crippen molar-refractivity contribution in [3.05, 3.63) is 29.8 Å². The Labute approximate surface area is 120 Å².